The highest BCUT2D eigenvalue weighted by Crippen LogP contribution is 2.33. The van der Waals surface area contributed by atoms with Gasteiger partial charge < -0.3 is 4.74 Å². The Bertz CT molecular complexity index is 707. The molecule has 0 saturated heterocycles. The topological polar surface area (TPSA) is 52.4 Å². The van der Waals surface area contributed by atoms with Crippen LogP contribution in [0.5, 0.6) is 11.5 Å². The maximum Gasteiger partial charge on any atom is 0.275 e. The van der Waals surface area contributed by atoms with Gasteiger partial charge in [0.05, 0.1) is 16.9 Å². The molecule has 0 aliphatic heterocycles. The molecule has 0 atom stereocenters. The van der Waals surface area contributed by atoms with E-state index in [4.69, 9.17) is 27.9 Å². The molecule has 0 radical (unpaired) electrons. The molecule has 0 aliphatic rings. The Morgan fingerprint density at radius 2 is 2.00 bits per heavy atom. The van der Waals surface area contributed by atoms with Crippen molar-refractivity contribution >= 4 is 28.9 Å². The first-order valence-electron chi connectivity index (χ1n) is 5.89. The number of aryl methyl sites for hydroxylation is 1. The van der Waals surface area contributed by atoms with E-state index in [1.165, 1.54) is 19.1 Å². The van der Waals surface area contributed by atoms with Crippen LogP contribution in [0.15, 0.2) is 30.3 Å². The van der Waals surface area contributed by atoms with E-state index in [1.54, 1.807) is 12.1 Å². The SMILES string of the molecule is Cc1cc(Oc2cc(Cl)ccc2CCl)c(F)cc1[N+](=O)[O-]. The molecule has 0 spiro atoms. The molecular formula is C14H10Cl2FNO3. The second kappa shape index (κ2) is 6.28. The summed E-state index contributed by atoms with van der Waals surface area (Å²) in [6, 6.07) is 6.92. The zero-order valence-electron chi connectivity index (χ0n) is 10.9. The Hall–Kier alpha value is -1.85. The Kier molecular flexibility index (Phi) is 4.65. The summed E-state index contributed by atoms with van der Waals surface area (Å²) in [6.07, 6.45) is 0. The maximum atomic E-state index is 13.9. The van der Waals surface area contributed by atoms with Gasteiger partial charge in [-0.2, -0.15) is 0 Å². The third-order valence-electron chi connectivity index (χ3n) is 2.84. The number of rotatable bonds is 4. The van der Waals surface area contributed by atoms with Crippen LogP contribution in [0.4, 0.5) is 10.1 Å². The van der Waals surface area contributed by atoms with Crippen molar-refractivity contribution in [2.45, 2.75) is 12.8 Å². The molecule has 0 N–H and O–H groups in total. The number of halogens is 3. The van der Waals surface area contributed by atoms with Crippen molar-refractivity contribution in [1.82, 2.24) is 0 Å². The van der Waals surface area contributed by atoms with Crippen molar-refractivity contribution in [1.29, 1.82) is 0 Å². The molecule has 0 amide bonds. The van der Waals surface area contributed by atoms with Gasteiger partial charge in [-0.3, -0.25) is 10.1 Å². The molecule has 0 unspecified atom stereocenters. The third kappa shape index (κ3) is 3.43. The highest BCUT2D eigenvalue weighted by atomic mass is 35.5. The van der Waals surface area contributed by atoms with Crippen LogP contribution >= 0.6 is 23.2 Å². The van der Waals surface area contributed by atoms with Crippen LogP contribution < -0.4 is 4.74 Å². The number of nitrogens with zero attached hydrogens (tertiary/aromatic N) is 1. The summed E-state index contributed by atoms with van der Waals surface area (Å²) in [4.78, 5) is 10.1. The van der Waals surface area contributed by atoms with Gasteiger partial charge in [0.25, 0.3) is 5.69 Å². The molecular weight excluding hydrogens is 320 g/mol. The summed E-state index contributed by atoms with van der Waals surface area (Å²) < 4.78 is 19.4. The fourth-order valence-corrected chi connectivity index (χ4v) is 2.15. The average molecular weight is 330 g/mol. The minimum Gasteiger partial charge on any atom is -0.454 e. The monoisotopic (exact) mass is 329 g/mol. The molecule has 21 heavy (non-hydrogen) atoms. The first kappa shape index (κ1) is 15.5. The number of hydrogen-bond acceptors (Lipinski definition) is 3. The van der Waals surface area contributed by atoms with Crippen LogP contribution in [0.2, 0.25) is 5.02 Å². The summed E-state index contributed by atoms with van der Waals surface area (Å²) >= 11 is 11.7. The van der Waals surface area contributed by atoms with Crippen molar-refractivity contribution in [3.05, 3.63) is 62.4 Å². The van der Waals surface area contributed by atoms with E-state index in [9.17, 15) is 14.5 Å². The van der Waals surface area contributed by atoms with Crippen LogP contribution in [0, 0.1) is 22.9 Å². The van der Waals surface area contributed by atoms with Gasteiger partial charge in [-0.25, -0.2) is 4.39 Å². The molecule has 0 aromatic heterocycles. The first-order valence-corrected chi connectivity index (χ1v) is 6.80. The quantitative estimate of drug-likeness (QED) is 0.438. The highest BCUT2D eigenvalue weighted by Gasteiger charge is 2.17. The van der Waals surface area contributed by atoms with Gasteiger partial charge in [0.1, 0.15) is 5.75 Å². The van der Waals surface area contributed by atoms with E-state index in [0.29, 0.717) is 21.9 Å². The van der Waals surface area contributed by atoms with Crippen LogP contribution in [0.3, 0.4) is 0 Å². The fraction of sp³-hybridized carbons (Fsp3) is 0.143. The van der Waals surface area contributed by atoms with Gasteiger partial charge in [-0.15, -0.1) is 11.6 Å². The van der Waals surface area contributed by atoms with E-state index in [-0.39, 0.29) is 17.3 Å². The van der Waals surface area contributed by atoms with E-state index in [2.05, 4.69) is 0 Å². The lowest BCUT2D eigenvalue weighted by Crippen LogP contribution is -1.97. The minimum absolute atomic E-state index is 0.119. The molecule has 0 fully saturated rings. The van der Waals surface area contributed by atoms with Crippen molar-refractivity contribution in [3.8, 4) is 11.5 Å². The van der Waals surface area contributed by atoms with Gasteiger partial charge in [-0.1, -0.05) is 17.7 Å². The van der Waals surface area contributed by atoms with E-state index in [1.807, 2.05) is 0 Å². The molecule has 0 aliphatic carbocycles. The van der Waals surface area contributed by atoms with Crippen molar-refractivity contribution in [3.63, 3.8) is 0 Å². The van der Waals surface area contributed by atoms with E-state index in [0.717, 1.165) is 6.07 Å². The zero-order valence-corrected chi connectivity index (χ0v) is 12.4. The van der Waals surface area contributed by atoms with Gasteiger partial charge in [0, 0.05) is 16.1 Å². The van der Waals surface area contributed by atoms with Crippen molar-refractivity contribution in [2.75, 3.05) is 0 Å². The Morgan fingerprint density at radius 3 is 2.62 bits per heavy atom. The Labute approximate surface area is 130 Å². The van der Waals surface area contributed by atoms with Gasteiger partial charge >= 0.3 is 0 Å². The average Bonchev–Trinajstić information content (AvgIpc) is 2.42. The molecule has 0 heterocycles. The van der Waals surface area contributed by atoms with Crippen LogP contribution in [-0.4, -0.2) is 4.92 Å². The number of benzene rings is 2. The molecule has 2 rings (SSSR count). The molecule has 2 aromatic rings. The first-order chi connectivity index (χ1) is 9.92. The van der Waals surface area contributed by atoms with E-state index < -0.39 is 10.7 Å². The number of nitro benzene ring substituents is 1. The van der Waals surface area contributed by atoms with Crippen LogP contribution in [-0.2, 0) is 5.88 Å². The summed E-state index contributed by atoms with van der Waals surface area (Å²) in [6.45, 7) is 1.50. The maximum absolute atomic E-state index is 13.9. The number of ether oxygens (including phenoxy) is 1. The van der Waals surface area contributed by atoms with Crippen molar-refractivity contribution < 1.29 is 14.1 Å². The van der Waals surface area contributed by atoms with Gasteiger partial charge in [0.15, 0.2) is 11.6 Å². The lowest BCUT2D eigenvalue weighted by Gasteiger charge is -2.11. The molecule has 110 valence electrons. The van der Waals surface area contributed by atoms with Gasteiger partial charge in [-0.05, 0) is 25.1 Å². The highest BCUT2D eigenvalue weighted by molar-refractivity contribution is 6.30. The Balaban J connectivity index is 2.43. The summed E-state index contributed by atoms with van der Waals surface area (Å²) in [7, 11) is 0. The largest absolute Gasteiger partial charge is 0.454 e. The fourth-order valence-electron chi connectivity index (χ4n) is 1.77. The third-order valence-corrected chi connectivity index (χ3v) is 3.36. The smallest absolute Gasteiger partial charge is 0.275 e. The Morgan fingerprint density at radius 1 is 1.29 bits per heavy atom. The van der Waals surface area contributed by atoms with E-state index >= 15 is 0 Å². The lowest BCUT2D eigenvalue weighted by molar-refractivity contribution is -0.385. The second-order valence-corrected chi connectivity index (χ2v) is 5.02. The molecule has 2 aromatic carbocycles. The summed E-state index contributed by atoms with van der Waals surface area (Å²) in [5, 5.41) is 11.2. The standard InChI is InChI=1S/C14H10Cl2FNO3/c1-8-4-14(11(17)6-12(8)18(19)20)21-13-5-10(16)3-2-9(13)7-15/h2-6H,7H2,1H3. The zero-order chi connectivity index (χ0) is 15.6. The lowest BCUT2D eigenvalue weighted by atomic mass is 10.2. The normalized spacial score (nSPS) is 10.5. The predicted octanol–water partition coefficient (Wildman–Crippen LogP) is 5.23. The number of nitro groups is 1. The van der Waals surface area contributed by atoms with Crippen molar-refractivity contribution in [2.24, 2.45) is 0 Å². The molecule has 0 bridgehead atoms. The van der Waals surface area contributed by atoms with Crippen LogP contribution in [0.25, 0.3) is 0 Å². The van der Waals surface area contributed by atoms with Crippen LogP contribution in [0.1, 0.15) is 11.1 Å². The number of alkyl halides is 1. The number of hydrogen-bond donors (Lipinski definition) is 0. The second-order valence-electron chi connectivity index (χ2n) is 4.31. The summed E-state index contributed by atoms with van der Waals surface area (Å²) in [5.74, 6) is -0.468. The summed E-state index contributed by atoms with van der Waals surface area (Å²) in [5.41, 5.74) is 0.630. The molecule has 0 saturated carbocycles. The van der Waals surface area contributed by atoms with Gasteiger partial charge in [0.2, 0.25) is 0 Å². The predicted molar refractivity (Wildman–Crippen MR) is 78.9 cm³/mol. The molecule has 7 heteroatoms. The minimum atomic E-state index is -0.826. The molecule has 4 nitrogen and oxygen atoms in total.